The Bertz CT molecular complexity index is 1090. The number of nitrogens with zero attached hydrogens (tertiary/aromatic N) is 6. The molecule has 0 saturated carbocycles. The van der Waals surface area contributed by atoms with Gasteiger partial charge in [-0.25, -0.2) is 14.5 Å². The van der Waals surface area contributed by atoms with Crippen LogP contribution in [0.4, 0.5) is 4.79 Å². The third-order valence-electron chi connectivity index (χ3n) is 5.16. The molecule has 0 radical (unpaired) electrons. The van der Waals surface area contributed by atoms with Crippen LogP contribution in [0.1, 0.15) is 18.4 Å². The zero-order valence-electron chi connectivity index (χ0n) is 18.3. The van der Waals surface area contributed by atoms with E-state index in [-0.39, 0.29) is 17.9 Å². The summed E-state index contributed by atoms with van der Waals surface area (Å²) in [7, 11) is 0. The van der Waals surface area contributed by atoms with Crippen LogP contribution in [0.2, 0.25) is 0 Å². The maximum atomic E-state index is 12.5. The minimum Gasteiger partial charge on any atom is -0.480 e. The van der Waals surface area contributed by atoms with Crippen molar-refractivity contribution in [3.8, 4) is 11.6 Å². The highest BCUT2D eigenvalue weighted by Gasteiger charge is 2.26. The molecule has 0 unspecified atom stereocenters. The number of aromatic nitrogens is 5. The van der Waals surface area contributed by atoms with Crippen molar-refractivity contribution in [2.45, 2.75) is 36.2 Å². The third-order valence-corrected chi connectivity index (χ3v) is 6.47. The van der Waals surface area contributed by atoms with Crippen molar-refractivity contribution in [3.63, 3.8) is 0 Å². The van der Waals surface area contributed by atoms with E-state index in [1.165, 1.54) is 16.4 Å². The zero-order chi connectivity index (χ0) is 23.8. The van der Waals surface area contributed by atoms with Gasteiger partial charge in [0.15, 0.2) is 0 Å². The van der Waals surface area contributed by atoms with Crippen molar-refractivity contribution >= 4 is 23.8 Å². The number of piperidine rings is 1. The average Bonchev–Trinajstić information content (AvgIpc) is 3.27. The number of carboxylic acid groups (broad SMARTS) is 1. The van der Waals surface area contributed by atoms with Gasteiger partial charge in [-0.3, -0.25) is 4.79 Å². The van der Waals surface area contributed by atoms with Gasteiger partial charge in [0.05, 0.1) is 6.61 Å². The number of benzene rings is 1. The normalized spacial score (nSPS) is 14.1. The third kappa shape index (κ3) is 6.67. The lowest BCUT2D eigenvalue weighted by atomic mass is 10.1. The first-order valence-electron chi connectivity index (χ1n) is 10.8. The highest BCUT2D eigenvalue weighted by molar-refractivity contribution is 7.99. The quantitative estimate of drug-likeness (QED) is 0.483. The van der Waals surface area contributed by atoms with Gasteiger partial charge in [0.2, 0.25) is 11.0 Å². The molecule has 4 rings (SSSR count). The second kappa shape index (κ2) is 11.5. The first-order chi connectivity index (χ1) is 16.6. The summed E-state index contributed by atoms with van der Waals surface area (Å²) >= 11 is 1.43. The van der Waals surface area contributed by atoms with Crippen molar-refractivity contribution in [1.29, 1.82) is 0 Å². The number of tetrazole rings is 1. The van der Waals surface area contributed by atoms with Gasteiger partial charge in [-0.05, 0) is 47.0 Å². The summed E-state index contributed by atoms with van der Waals surface area (Å²) in [5, 5.41) is 20.8. The van der Waals surface area contributed by atoms with Crippen molar-refractivity contribution in [3.05, 3.63) is 54.2 Å². The number of aliphatic carboxylic acids is 1. The Balaban J connectivity index is 1.19. The highest BCUT2D eigenvalue weighted by atomic mass is 32.2. The molecule has 0 atom stereocenters. The van der Waals surface area contributed by atoms with Crippen LogP contribution in [-0.4, -0.2) is 72.2 Å². The summed E-state index contributed by atoms with van der Waals surface area (Å²) in [6.45, 7) is 1.31. The summed E-state index contributed by atoms with van der Waals surface area (Å²) in [5.41, 5.74) is 1.07. The van der Waals surface area contributed by atoms with E-state index in [4.69, 9.17) is 14.6 Å². The van der Waals surface area contributed by atoms with E-state index in [0.29, 0.717) is 42.9 Å². The number of carbonyl (C=O) groups excluding carboxylic acids is 1. The van der Waals surface area contributed by atoms with Gasteiger partial charge in [0.1, 0.15) is 12.3 Å². The molecule has 12 heteroatoms. The number of hydrogen-bond acceptors (Lipinski definition) is 9. The lowest BCUT2D eigenvalue weighted by Gasteiger charge is -2.30. The van der Waals surface area contributed by atoms with Crippen LogP contribution in [-0.2, 0) is 17.8 Å². The zero-order valence-corrected chi connectivity index (χ0v) is 19.1. The lowest BCUT2D eigenvalue weighted by Crippen LogP contribution is -2.41. The second-order valence-corrected chi connectivity index (χ2v) is 8.86. The topological polar surface area (TPSA) is 133 Å². The van der Waals surface area contributed by atoms with E-state index in [1.807, 2.05) is 30.3 Å². The number of carbonyl (C=O) groups is 2. The number of pyridine rings is 1. The monoisotopic (exact) mass is 484 g/mol. The van der Waals surface area contributed by atoms with Crippen LogP contribution >= 0.6 is 11.8 Å². The number of carboxylic acids is 1. The van der Waals surface area contributed by atoms with Crippen molar-refractivity contribution in [2.24, 2.45) is 0 Å². The fraction of sp³-hybridized carbons (Fsp3) is 0.364. The van der Waals surface area contributed by atoms with Gasteiger partial charge >= 0.3 is 12.1 Å². The second-order valence-electron chi connectivity index (χ2n) is 7.60. The molecule has 11 nitrogen and oxygen atoms in total. The molecule has 1 fully saturated rings. The van der Waals surface area contributed by atoms with Crippen molar-refractivity contribution in [2.75, 3.05) is 19.7 Å². The van der Waals surface area contributed by atoms with E-state index in [1.54, 1.807) is 23.2 Å². The number of thioether (sulfide) groups is 1. The summed E-state index contributed by atoms with van der Waals surface area (Å²) in [4.78, 5) is 29.2. The number of likely N-dealkylation sites (tertiary alicyclic amines) is 1. The van der Waals surface area contributed by atoms with E-state index in [0.717, 1.165) is 18.4 Å². The van der Waals surface area contributed by atoms with Gasteiger partial charge in [0, 0.05) is 37.0 Å². The standard InChI is InChI=1S/C22H24N6O5S/c29-20(30)15-28-21(24-25-26-28)34-18-8-12-27(13-9-18)22(31)33-17-6-4-16(5-7-17)10-14-32-19-3-1-2-11-23-19/h1-7,11,18H,8-10,12-15H2,(H,29,30). The lowest BCUT2D eigenvalue weighted by molar-refractivity contribution is -0.138. The van der Waals surface area contributed by atoms with Crippen molar-refractivity contribution in [1.82, 2.24) is 30.1 Å². The molecule has 1 aliphatic heterocycles. The summed E-state index contributed by atoms with van der Waals surface area (Å²) in [6, 6.07) is 12.9. The Morgan fingerprint density at radius 2 is 1.91 bits per heavy atom. The Labute approximate surface area is 200 Å². The Hall–Kier alpha value is -3.67. The highest BCUT2D eigenvalue weighted by Crippen LogP contribution is 2.29. The van der Waals surface area contributed by atoms with E-state index in [9.17, 15) is 9.59 Å². The predicted octanol–water partition coefficient (Wildman–Crippen LogP) is 2.53. The number of hydrogen-bond donors (Lipinski definition) is 1. The van der Waals surface area contributed by atoms with Crippen LogP contribution < -0.4 is 9.47 Å². The van der Waals surface area contributed by atoms with Gasteiger partial charge < -0.3 is 19.5 Å². The molecule has 2 aromatic heterocycles. The first kappa shape index (κ1) is 23.5. The van der Waals surface area contributed by atoms with Gasteiger partial charge in [0.25, 0.3) is 0 Å². The summed E-state index contributed by atoms with van der Waals surface area (Å²) in [6.07, 6.45) is 3.48. The molecule has 34 heavy (non-hydrogen) atoms. The van der Waals surface area contributed by atoms with Gasteiger partial charge in [-0.1, -0.05) is 30.0 Å². The summed E-state index contributed by atoms with van der Waals surface area (Å²) < 4.78 is 12.4. The smallest absolute Gasteiger partial charge is 0.415 e. The van der Waals surface area contributed by atoms with E-state index in [2.05, 4.69) is 20.5 Å². The van der Waals surface area contributed by atoms with Crippen LogP contribution in [0, 0.1) is 0 Å². The van der Waals surface area contributed by atoms with Gasteiger partial charge in [-0.15, -0.1) is 5.10 Å². The summed E-state index contributed by atoms with van der Waals surface area (Å²) in [5.74, 6) is 0.0790. The molecule has 1 N–H and O–H groups in total. The van der Waals surface area contributed by atoms with E-state index >= 15 is 0 Å². The SMILES string of the molecule is O=C(O)Cn1nnnc1SC1CCN(C(=O)Oc2ccc(CCOc3ccccn3)cc2)CC1. The Morgan fingerprint density at radius 1 is 1.12 bits per heavy atom. The minimum absolute atomic E-state index is 0.190. The van der Waals surface area contributed by atoms with Crippen LogP contribution in [0.15, 0.2) is 53.8 Å². The molecule has 0 bridgehead atoms. The van der Waals surface area contributed by atoms with Crippen LogP contribution in [0.25, 0.3) is 0 Å². The molecule has 1 aliphatic rings. The average molecular weight is 485 g/mol. The molecule has 3 heterocycles. The minimum atomic E-state index is -1.00. The molecule has 1 aromatic carbocycles. The molecule has 178 valence electrons. The molecule has 1 saturated heterocycles. The molecule has 0 aliphatic carbocycles. The molecular formula is C22H24N6O5S. The maximum absolute atomic E-state index is 12.5. The van der Waals surface area contributed by atoms with Crippen LogP contribution in [0.3, 0.4) is 0 Å². The number of rotatable bonds is 9. The van der Waals surface area contributed by atoms with E-state index < -0.39 is 5.97 Å². The Kier molecular flexibility index (Phi) is 7.91. The predicted molar refractivity (Wildman–Crippen MR) is 122 cm³/mol. The largest absolute Gasteiger partial charge is 0.480 e. The van der Waals surface area contributed by atoms with Crippen LogP contribution in [0.5, 0.6) is 11.6 Å². The number of ether oxygens (including phenoxy) is 2. The molecule has 3 aromatic rings. The molecule has 1 amide bonds. The number of amides is 1. The maximum Gasteiger partial charge on any atom is 0.415 e. The fourth-order valence-corrected chi connectivity index (χ4v) is 4.46. The first-order valence-corrected chi connectivity index (χ1v) is 11.7. The van der Waals surface area contributed by atoms with Gasteiger partial charge in [-0.2, -0.15) is 0 Å². The fourth-order valence-electron chi connectivity index (χ4n) is 3.41. The molecular weight excluding hydrogens is 460 g/mol. The Morgan fingerprint density at radius 3 is 2.62 bits per heavy atom. The molecule has 0 spiro atoms. The van der Waals surface area contributed by atoms with Crippen molar-refractivity contribution < 1.29 is 24.2 Å².